The molecular formula is C14H19NO5S. The zero-order valence-corrected chi connectivity index (χ0v) is 13.2. The van der Waals surface area contributed by atoms with Crippen LogP contribution in [-0.2, 0) is 19.4 Å². The molecule has 1 amide bonds. The molecule has 0 bridgehead atoms. The van der Waals surface area contributed by atoms with Crippen molar-refractivity contribution in [2.24, 2.45) is 5.92 Å². The van der Waals surface area contributed by atoms with Crippen molar-refractivity contribution in [3.8, 4) is 0 Å². The Balaban J connectivity index is 3.01. The molecule has 0 aliphatic rings. The second-order valence-corrected chi connectivity index (χ2v) is 7.03. The van der Waals surface area contributed by atoms with Gasteiger partial charge in [0.2, 0.25) is 0 Å². The van der Waals surface area contributed by atoms with Crippen molar-refractivity contribution in [3.05, 3.63) is 29.8 Å². The maximum absolute atomic E-state index is 12.1. The largest absolute Gasteiger partial charge is 0.467 e. The molecule has 0 radical (unpaired) electrons. The van der Waals surface area contributed by atoms with Gasteiger partial charge >= 0.3 is 5.97 Å². The molecule has 0 aromatic heterocycles. The average Bonchev–Trinajstić information content (AvgIpc) is 2.42. The average molecular weight is 313 g/mol. The predicted octanol–water partition coefficient (Wildman–Crippen LogP) is 1.02. The Morgan fingerprint density at radius 2 is 1.86 bits per heavy atom. The Bertz CT molecular complexity index is 637. The first kappa shape index (κ1) is 17.2. The van der Waals surface area contributed by atoms with Gasteiger partial charge in [-0.15, -0.1) is 0 Å². The minimum absolute atomic E-state index is 0.0503. The van der Waals surface area contributed by atoms with E-state index < -0.39 is 27.8 Å². The molecular weight excluding hydrogens is 294 g/mol. The summed E-state index contributed by atoms with van der Waals surface area (Å²) in [6, 6.07) is 4.86. The number of methoxy groups -OCH3 is 1. The molecule has 1 atom stereocenters. The number of sulfone groups is 1. The summed E-state index contributed by atoms with van der Waals surface area (Å²) < 4.78 is 27.6. The molecule has 0 heterocycles. The zero-order valence-electron chi connectivity index (χ0n) is 12.4. The highest BCUT2D eigenvalue weighted by atomic mass is 32.2. The minimum atomic E-state index is -3.40. The Labute approximate surface area is 124 Å². The third-order valence-electron chi connectivity index (χ3n) is 2.93. The van der Waals surface area contributed by atoms with Crippen LogP contribution < -0.4 is 5.32 Å². The van der Waals surface area contributed by atoms with Crippen LogP contribution in [0.1, 0.15) is 24.2 Å². The highest BCUT2D eigenvalue weighted by Gasteiger charge is 2.25. The fraction of sp³-hybridized carbons (Fsp3) is 0.429. The van der Waals surface area contributed by atoms with Crippen LogP contribution in [0.25, 0.3) is 0 Å². The Morgan fingerprint density at radius 1 is 1.24 bits per heavy atom. The van der Waals surface area contributed by atoms with Crippen LogP contribution in [0.2, 0.25) is 0 Å². The number of amides is 1. The summed E-state index contributed by atoms with van der Waals surface area (Å²) in [5.74, 6) is -1.22. The van der Waals surface area contributed by atoms with Crippen LogP contribution in [0.3, 0.4) is 0 Å². The first-order chi connectivity index (χ1) is 9.66. The molecule has 1 aromatic rings. The van der Waals surface area contributed by atoms with E-state index in [1.165, 1.54) is 31.4 Å². The van der Waals surface area contributed by atoms with Gasteiger partial charge in [-0.25, -0.2) is 13.2 Å². The van der Waals surface area contributed by atoms with Gasteiger partial charge in [0.15, 0.2) is 9.84 Å². The van der Waals surface area contributed by atoms with E-state index in [0.29, 0.717) is 0 Å². The molecule has 0 aliphatic heterocycles. The predicted molar refractivity (Wildman–Crippen MR) is 77.7 cm³/mol. The molecule has 116 valence electrons. The summed E-state index contributed by atoms with van der Waals surface area (Å²) in [7, 11) is -2.15. The molecule has 21 heavy (non-hydrogen) atoms. The minimum Gasteiger partial charge on any atom is -0.467 e. The van der Waals surface area contributed by atoms with E-state index in [-0.39, 0.29) is 16.4 Å². The van der Waals surface area contributed by atoms with Crippen molar-refractivity contribution in [1.82, 2.24) is 5.32 Å². The lowest BCUT2D eigenvalue weighted by Gasteiger charge is -2.19. The van der Waals surface area contributed by atoms with E-state index in [0.717, 1.165) is 6.26 Å². The Morgan fingerprint density at radius 3 is 2.33 bits per heavy atom. The van der Waals surface area contributed by atoms with Crippen LogP contribution in [0, 0.1) is 5.92 Å². The van der Waals surface area contributed by atoms with Gasteiger partial charge in [0.05, 0.1) is 12.0 Å². The fourth-order valence-corrected chi connectivity index (χ4v) is 2.38. The van der Waals surface area contributed by atoms with Gasteiger partial charge in [-0.1, -0.05) is 19.9 Å². The molecule has 7 heteroatoms. The lowest BCUT2D eigenvalue weighted by Crippen LogP contribution is -2.45. The summed E-state index contributed by atoms with van der Waals surface area (Å²) in [4.78, 5) is 23.8. The lowest BCUT2D eigenvalue weighted by molar-refractivity contribution is -0.144. The molecule has 0 spiro atoms. The van der Waals surface area contributed by atoms with Crippen molar-refractivity contribution < 1.29 is 22.7 Å². The topological polar surface area (TPSA) is 89.5 Å². The van der Waals surface area contributed by atoms with Crippen LogP contribution in [0.15, 0.2) is 29.2 Å². The van der Waals surface area contributed by atoms with Crippen LogP contribution >= 0.6 is 0 Å². The standard InChI is InChI=1S/C14H19NO5S/c1-9(2)12(14(17)20-3)15-13(16)10-6-5-7-11(8-10)21(4,18)19/h5-9,12H,1-4H3,(H,15,16)/t12-/m0/s1. The number of nitrogens with one attached hydrogen (secondary N) is 1. The number of benzene rings is 1. The second-order valence-electron chi connectivity index (χ2n) is 5.02. The first-order valence-corrected chi connectivity index (χ1v) is 8.24. The highest BCUT2D eigenvalue weighted by molar-refractivity contribution is 7.90. The number of carbonyl (C=O) groups excluding carboxylic acids is 2. The van der Waals surface area contributed by atoms with Gasteiger partial charge in [-0.2, -0.15) is 0 Å². The maximum Gasteiger partial charge on any atom is 0.328 e. The second kappa shape index (κ2) is 6.71. The lowest BCUT2D eigenvalue weighted by atomic mass is 10.0. The van der Waals surface area contributed by atoms with Crippen molar-refractivity contribution in [1.29, 1.82) is 0 Å². The molecule has 0 saturated heterocycles. The van der Waals surface area contributed by atoms with Gasteiger partial charge in [0.1, 0.15) is 6.04 Å². The number of hydrogen-bond acceptors (Lipinski definition) is 5. The number of rotatable bonds is 5. The summed E-state index contributed by atoms with van der Waals surface area (Å²) in [5.41, 5.74) is 0.174. The number of esters is 1. The number of ether oxygens (including phenoxy) is 1. The van der Waals surface area contributed by atoms with Crippen molar-refractivity contribution in [2.45, 2.75) is 24.8 Å². The summed E-state index contributed by atoms with van der Waals surface area (Å²) in [6.45, 7) is 3.55. The molecule has 0 fully saturated rings. The van der Waals surface area contributed by atoms with Gasteiger partial charge in [0.25, 0.3) is 5.91 Å². The molecule has 1 N–H and O–H groups in total. The van der Waals surface area contributed by atoms with Crippen molar-refractivity contribution >= 4 is 21.7 Å². The molecule has 0 saturated carbocycles. The van der Waals surface area contributed by atoms with Gasteiger partial charge in [-0.3, -0.25) is 4.79 Å². The molecule has 0 unspecified atom stereocenters. The van der Waals surface area contributed by atoms with Crippen LogP contribution in [0.5, 0.6) is 0 Å². The third kappa shape index (κ3) is 4.56. The SMILES string of the molecule is COC(=O)[C@@H](NC(=O)c1cccc(S(C)(=O)=O)c1)C(C)C. The summed E-state index contributed by atoms with van der Waals surface area (Å²) in [5, 5.41) is 2.55. The van der Waals surface area contributed by atoms with Gasteiger partial charge < -0.3 is 10.1 Å². The monoisotopic (exact) mass is 313 g/mol. The zero-order chi connectivity index (χ0) is 16.2. The number of carbonyl (C=O) groups is 2. The fourth-order valence-electron chi connectivity index (χ4n) is 1.72. The maximum atomic E-state index is 12.1. The quantitative estimate of drug-likeness (QED) is 0.820. The first-order valence-electron chi connectivity index (χ1n) is 6.35. The number of hydrogen-bond donors (Lipinski definition) is 1. The van der Waals surface area contributed by atoms with Crippen LogP contribution in [-0.4, -0.2) is 39.7 Å². The third-order valence-corrected chi connectivity index (χ3v) is 4.04. The van der Waals surface area contributed by atoms with Crippen molar-refractivity contribution in [2.75, 3.05) is 13.4 Å². The van der Waals surface area contributed by atoms with Gasteiger partial charge in [0, 0.05) is 11.8 Å². The van der Waals surface area contributed by atoms with Crippen LogP contribution in [0.4, 0.5) is 0 Å². The Kier molecular flexibility index (Phi) is 5.48. The highest BCUT2D eigenvalue weighted by Crippen LogP contribution is 2.12. The van der Waals surface area contributed by atoms with E-state index in [1.54, 1.807) is 13.8 Å². The van der Waals surface area contributed by atoms with E-state index in [9.17, 15) is 18.0 Å². The normalized spacial score (nSPS) is 12.8. The van der Waals surface area contributed by atoms with Crippen molar-refractivity contribution in [3.63, 3.8) is 0 Å². The van der Waals surface area contributed by atoms with E-state index in [2.05, 4.69) is 10.1 Å². The van der Waals surface area contributed by atoms with E-state index in [4.69, 9.17) is 0 Å². The van der Waals surface area contributed by atoms with E-state index in [1.807, 2.05) is 0 Å². The molecule has 0 aliphatic carbocycles. The summed E-state index contributed by atoms with van der Waals surface area (Å²) >= 11 is 0. The van der Waals surface area contributed by atoms with E-state index >= 15 is 0 Å². The molecule has 6 nitrogen and oxygen atoms in total. The molecule has 1 rings (SSSR count). The smallest absolute Gasteiger partial charge is 0.328 e. The summed E-state index contributed by atoms with van der Waals surface area (Å²) in [6.07, 6.45) is 1.06. The molecule has 1 aromatic carbocycles. The van der Waals surface area contributed by atoms with Gasteiger partial charge in [-0.05, 0) is 24.1 Å². The Hall–Kier alpha value is -1.89.